The Morgan fingerprint density at radius 3 is 2.78 bits per heavy atom. The van der Waals surface area contributed by atoms with Crippen molar-refractivity contribution >= 4 is 23.4 Å². The first-order valence-electron chi connectivity index (χ1n) is 12.6. The number of nitrogens with one attached hydrogen (secondary N) is 4. The van der Waals surface area contributed by atoms with Crippen LogP contribution in [0.4, 0.5) is 11.5 Å². The predicted molar refractivity (Wildman–Crippen MR) is 141 cm³/mol. The molecule has 1 aromatic heterocycles. The maximum atomic E-state index is 12.8. The SMILES string of the molecule is CNC/C=C(\Nc1ccccc1)C(=O)NC(CCOCCCCc1ccc2c(n1)NCCC2)C(=O)O. The number of rotatable bonds is 15. The summed E-state index contributed by atoms with van der Waals surface area (Å²) in [6, 6.07) is 12.5. The first kappa shape index (κ1) is 27.2. The number of likely N-dealkylation sites (N-methyl/N-ethyl adjacent to an activating group) is 1. The number of pyridine rings is 1. The molecule has 36 heavy (non-hydrogen) atoms. The molecule has 9 nitrogen and oxygen atoms in total. The van der Waals surface area contributed by atoms with E-state index in [-0.39, 0.29) is 18.7 Å². The molecule has 1 amide bonds. The van der Waals surface area contributed by atoms with Crippen molar-refractivity contribution in [1.29, 1.82) is 0 Å². The number of aryl methyl sites for hydroxylation is 2. The molecule has 0 radical (unpaired) electrons. The zero-order chi connectivity index (χ0) is 25.6. The van der Waals surface area contributed by atoms with Gasteiger partial charge >= 0.3 is 5.97 Å². The zero-order valence-corrected chi connectivity index (χ0v) is 20.9. The highest BCUT2D eigenvalue weighted by Crippen LogP contribution is 2.20. The lowest BCUT2D eigenvalue weighted by atomic mass is 10.1. The molecule has 0 spiro atoms. The number of carbonyl (C=O) groups is 2. The van der Waals surface area contributed by atoms with E-state index >= 15 is 0 Å². The highest BCUT2D eigenvalue weighted by molar-refractivity contribution is 5.98. The maximum Gasteiger partial charge on any atom is 0.326 e. The highest BCUT2D eigenvalue weighted by atomic mass is 16.5. The van der Waals surface area contributed by atoms with Crippen LogP contribution in [-0.2, 0) is 27.2 Å². The molecule has 2 heterocycles. The number of nitrogens with zero attached hydrogens (tertiary/aromatic N) is 1. The molecular weight excluding hydrogens is 458 g/mol. The third-order valence-corrected chi connectivity index (χ3v) is 5.89. The Morgan fingerprint density at radius 1 is 1.17 bits per heavy atom. The predicted octanol–water partition coefficient (Wildman–Crippen LogP) is 2.95. The number of carboxylic acids is 1. The third-order valence-electron chi connectivity index (χ3n) is 5.89. The summed E-state index contributed by atoms with van der Waals surface area (Å²) in [5, 5.41) is 21.6. The summed E-state index contributed by atoms with van der Waals surface area (Å²) < 4.78 is 5.66. The van der Waals surface area contributed by atoms with Gasteiger partial charge in [0.05, 0.1) is 0 Å². The van der Waals surface area contributed by atoms with Crippen LogP contribution < -0.4 is 21.3 Å². The van der Waals surface area contributed by atoms with Gasteiger partial charge in [0.15, 0.2) is 0 Å². The van der Waals surface area contributed by atoms with E-state index in [4.69, 9.17) is 9.72 Å². The molecule has 1 aliphatic heterocycles. The molecule has 0 aliphatic carbocycles. The Bertz CT molecular complexity index is 1010. The first-order chi connectivity index (χ1) is 17.6. The Morgan fingerprint density at radius 2 is 2.00 bits per heavy atom. The van der Waals surface area contributed by atoms with E-state index in [1.54, 1.807) is 13.1 Å². The van der Waals surface area contributed by atoms with Crippen LogP contribution in [0.1, 0.15) is 36.9 Å². The number of ether oxygens (including phenoxy) is 1. The van der Waals surface area contributed by atoms with E-state index in [1.165, 1.54) is 5.56 Å². The number of benzene rings is 1. The number of anilines is 2. The van der Waals surface area contributed by atoms with E-state index in [0.29, 0.717) is 13.2 Å². The summed E-state index contributed by atoms with van der Waals surface area (Å²) in [5.74, 6) is -0.556. The molecule has 1 aliphatic rings. The van der Waals surface area contributed by atoms with Crippen LogP contribution in [0.2, 0.25) is 0 Å². The normalized spacial score (nSPS) is 13.9. The molecule has 0 bridgehead atoms. The van der Waals surface area contributed by atoms with Gasteiger partial charge in [0, 0.05) is 44.1 Å². The summed E-state index contributed by atoms with van der Waals surface area (Å²) in [4.78, 5) is 29.2. The van der Waals surface area contributed by atoms with Crippen LogP contribution in [0.5, 0.6) is 0 Å². The minimum Gasteiger partial charge on any atom is -0.480 e. The number of carboxylic acid groups (broad SMARTS) is 1. The Hall–Kier alpha value is -3.43. The molecule has 1 atom stereocenters. The number of aromatic nitrogens is 1. The first-order valence-corrected chi connectivity index (χ1v) is 12.6. The van der Waals surface area contributed by atoms with E-state index in [2.05, 4.69) is 33.4 Å². The number of amides is 1. The van der Waals surface area contributed by atoms with Crippen LogP contribution in [0, 0.1) is 0 Å². The number of fused-ring (bicyclic) bond motifs is 1. The molecule has 194 valence electrons. The minimum absolute atomic E-state index is 0.184. The molecule has 2 aromatic rings. The fourth-order valence-electron chi connectivity index (χ4n) is 3.90. The van der Waals surface area contributed by atoms with Crippen molar-refractivity contribution < 1.29 is 19.4 Å². The Labute approximate surface area is 212 Å². The van der Waals surface area contributed by atoms with Gasteiger partial charge in [-0.1, -0.05) is 24.3 Å². The van der Waals surface area contributed by atoms with Gasteiger partial charge in [0.25, 0.3) is 5.91 Å². The summed E-state index contributed by atoms with van der Waals surface area (Å²) in [6.07, 6.45) is 6.77. The fraction of sp³-hybridized carbons (Fsp3) is 0.444. The Kier molecular flexibility index (Phi) is 11.2. The minimum atomic E-state index is -1.09. The van der Waals surface area contributed by atoms with E-state index in [0.717, 1.165) is 55.8 Å². The standard InChI is InChI=1S/C27H37N5O4/c1-28-17-14-23(30-21-9-3-2-4-10-21)26(33)32-24(27(34)35)15-19-36-18-6-5-11-22-13-12-20-8-7-16-29-25(20)31-22/h2-4,9-10,12-14,24,28,30H,5-8,11,15-19H2,1H3,(H,29,31)(H,32,33)(H,34,35)/b23-14-. The highest BCUT2D eigenvalue weighted by Gasteiger charge is 2.22. The van der Waals surface area contributed by atoms with Gasteiger partial charge in [0.1, 0.15) is 17.6 Å². The second-order valence-corrected chi connectivity index (χ2v) is 8.73. The molecule has 1 aromatic carbocycles. The van der Waals surface area contributed by atoms with Gasteiger partial charge in [-0.2, -0.15) is 0 Å². The number of hydrogen-bond donors (Lipinski definition) is 5. The van der Waals surface area contributed by atoms with Crippen LogP contribution in [-0.4, -0.2) is 61.4 Å². The fourth-order valence-corrected chi connectivity index (χ4v) is 3.90. The van der Waals surface area contributed by atoms with Crippen LogP contribution >= 0.6 is 0 Å². The van der Waals surface area contributed by atoms with Crippen molar-refractivity contribution in [3.05, 3.63) is 65.5 Å². The molecule has 0 saturated carbocycles. The van der Waals surface area contributed by atoms with Crippen molar-refractivity contribution in [2.24, 2.45) is 0 Å². The van der Waals surface area contributed by atoms with Crippen LogP contribution in [0.3, 0.4) is 0 Å². The monoisotopic (exact) mass is 495 g/mol. The van der Waals surface area contributed by atoms with Crippen LogP contribution in [0.25, 0.3) is 0 Å². The van der Waals surface area contributed by atoms with Gasteiger partial charge in [-0.05, 0) is 69.0 Å². The van der Waals surface area contributed by atoms with Gasteiger partial charge in [-0.3, -0.25) is 4.79 Å². The van der Waals surface area contributed by atoms with Crippen molar-refractivity contribution in [3.8, 4) is 0 Å². The lowest BCUT2D eigenvalue weighted by molar-refractivity contribution is -0.141. The second kappa shape index (κ2) is 14.9. The maximum absolute atomic E-state index is 12.8. The largest absolute Gasteiger partial charge is 0.480 e. The number of para-hydroxylation sites is 1. The molecule has 0 saturated heterocycles. The summed E-state index contributed by atoms with van der Waals surface area (Å²) in [5.41, 5.74) is 3.39. The van der Waals surface area contributed by atoms with Gasteiger partial charge in [-0.15, -0.1) is 0 Å². The summed E-state index contributed by atoms with van der Waals surface area (Å²) in [7, 11) is 1.77. The zero-order valence-electron chi connectivity index (χ0n) is 20.9. The van der Waals surface area contributed by atoms with Crippen molar-refractivity contribution in [2.75, 3.05) is 44.0 Å². The van der Waals surface area contributed by atoms with Gasteiger partial charge in [0.2, 0.25) is 0 Å². The molecular formula is C27H37N5O4. The van der Waals surface area contributed by atoms with E-state index in [9.17, 15) is 14.7 Å². The average Bonchev–Trinajstić information content (AvgIpc) is 2.90. The van der Waals surface area contributed by atoms with Crippen molar-refractivity contribution in [3.63, 3.8) is 0 Å². The molecule has 9 heteroatoms. The summed E-state index contributed by atoms with van der Waals surface area (Å²) >= 11 is 0. The summed E-state index contributed by atoms with van der Waals surface area (Å²) in [6.45, 7) is 2.22. The number of aliphatic carboxylic acids is 1. The molecule has 3 rings (SSSR count). The lowest BCUT2D eigenvalue weighted by Crippen LogP contribution is -2.43. The topological polar surface area (TPSA) is 125 Å². The van der Waals surface area contributed by atoms with E-state index < -0.39 is 17.9 Å². The quantitative estimate of drug-likeness (QED) is 0.189. The van der Waals surface area contributed by atoms with Crippen LogP contribution in [0.15, 0.2) is 54.2 Å². The lowest BCUT2D eigenvalue weighted by Gasteiger charge is -2.17. The Balaban J connectivity index is 1.38. The van der Waals surface area contributed by atoms with Gasteiger partial charge < -0.3 is 31.1 Å². The van der Waals surface area contributed by atoms with E-state index in [1.807, 2.05) is 30.3 Å². The van der Waals surface area contributed by atoms with Crippen molar-refractivity contribution in [2.45, 2.75) is 44.6 Å². The molecule has 5 N–H and O–H groups in total. The third kappa shape index (κ3) is 8.98. The molecule has 1 unspecified atom stereocenters. The number of unbranched alkanes of at least 4 members (excludes halogenated alkanes) is 1. The second-order valence-electron chi connectivity index (χ2n) is 8.73. The average molecular weight is 496 g/mol. The van der Waals surface area contributed by atoms with Gasteiger partial charge in [-0.25, -0.2) is 9.78 Å². The number of hydrogen-bond acceptors (Lipinski definition) is 7. The molecule has 0 fully saturated rings. The number of carbonyl (C=O) groups excluding carboxylic acids is 1. The smallest absolute Gasteiger partial charge is 0.326 e. The van der Waals surface area contributed by atoms with Crippen molar-refractivity contribution in [1.82, 2.24) is 15.6 Å².